The monoisotopic (exact) mass is 282 g/mol. The van der Waals surface area contributed by atoms with Gasteiger partial charge in [-0.3, -0.25) is 9.59 Å². The van der Waals surface area contributed by atoms with E-state index in [4.69, 9.17) is 4.74 Å². The molecular weight excluding hydrogens is 256 g/mol. The van der Waals surface area contributed by atoms with Gasteiger partial charge < -0.3 is 15.0 Å². The Bertz CT molecular complexity index is 375. The van der Waals surface area contributed by atoms with Gasteiger partial charge in [-0.25, -0.2) is 0 Å². The molecule has 1 heterocycles. The van der Waals surface area contributed by atoms with Crippen molar-refractivity contribution in [1.29, 1.82) is 0 Å². The van der Waals surface area contributed by atoms with Crippen molar-refractivity contribution < 1.29 is 14.3 Å². The molecule has 1 aliphatic heterocycles. The number of hydrogen-bond acceptors (Lipinski definition) is 3. The molecule has 114 valence electrons. The third-order valence-corrected chi connectivity index (χ3v) is 4.59. The molecule has 2 aliphatic rings. The van der Waals surface area contributed by atoms with Gasteiger partial charge >= 0.3 is 0 Å². The van der Waals surface area contributed by atoms with Crippen LogP contribution in [0.1, 0.15) is 46.5 Å². The van der Waals surface area contributed by atoms with E-state index < -0.39 is 5.54 Å². The number of hydrogen-bond donors (Lipinski definition) is 1. The topological polar surface area (TPSA) is 58.6 Å². The molecule has 2 rings (SSSR count). The van der Waals surface area contributed by atoms with Crippen molar-refractivity contribution in [2.75, 3.05) is 19.8 Å². The van der Waals surface area contributed by atoms with Crippen LogP contribution in [0, 0.1) is 5.92 Å². The zero-order chi connectivity index (χ0) is 14.8. The standard InChI is InChI=1S/C15H26N2O3/c1-4-15(5-2)14(19)17(9-10-20-6-3)12(11-7-8-11)13(18)16-15/h11-12H,4-10H2,1-3H3,(H,16,18). The largest absolute Gasteiger partial charge is 0.380 e. The van der Waals surface area contributed by atoms with Crippen molar-refractivity contribution in [2.24, 2.45) is 5.92 Å². The molecule has 2 amide bonds. The summed E-state index contributed by atoms with van der Waals surface area (Å²) in [5.74, 6) is 0.429. The van der Waals surface area contributed by atoms with E-state index in [0.717, 1.165) is 12.8 Å². The maximum Gasteiger partial charge on any atom is 0.249 e. The first-order valence-electron chi connectivity index (χ1n) is 7.80. The lowest BCUT2D eigenvalue weighted by molar-refractivity contribution is -0.157. The molecule has 0 aromatic carbocycles. The molecule has 1 saturated heterocycles. The summed E-state index contributed by atoms with van der Waals surface area (Å²) in [4.78, 5) is 27.1. The molecule has 5 heteroatoms. The lowest BCUT2D eigenvalue weighted by atomic mass is 9.86. The van der Waals surface area contributed by atoms with Crippen LogP contribution in [0.5, 0.6) is 0 Å². The Balaban J connectivity index is 2.19. The van der Waals surface area contributed by atoms with Crippen LogP contribution in [-0.2, 0) is 14.3 Å². The number of rotatable bonds is 7. The Morgan fingerprint density at radius 2 is 1.90 bits per heavy atom. The van der Waals surface area contributed by atoms with E-state index in [1.54, 1.807) is 4.90 Å². The molecule has 0 aromatic heterocycles. The summed E-state index contributed by atoms with van der Waals surface area (Å²) in [6.07, 6.45) is 3.36. The van der Waals surface area contributed by atoms with Crippen LogP contribution in [-0.4, -0.2) is 48.1 Å². The molecule has 1 aliphatic carbocycles. The molecule has 0 spiro atoms. The zero-order valence-corrected chi connectivity index (χ0v) is 12.8. The maximum atomic E-state index is 12.8. The van der Waals surface area contributed by atoms with Crippen LogP contribution < -0.4 is 5.32 Å². The van der Waals surface area contributed by atoms with Gasteiger partial charge in [-0.05, 0) is 38.5 Å². The van der Waals surface area contributed by atoms with Crippen molar-refractivity contribution >= 4 is 11.8 Å². The molecule has 1 atom stereocenters. The lowest BCUT2D eigenvalue weighted by Gasteiger charge is -2.45. The fraction of sp³-hybridized carbons (Fsp3) is 0.867. The van der Waals surface area contributed by atoms with E-state index in [0.29, 0.717) is 38.5 Å². The second-order valence-electron chi connectivity index (χ2n) is 5.76. The minimum absolute atomic E-state index is 0.0206. The maximum absolute atomic E-state index is 12.8. The molecule has 1 N–H and O–H groups in total. The normalized spacial score (nSPS) is 25.8. The molecule has 20 heavy (non-hydrogen) atoms. The first-order valence-corrected chi connectivity index (χ1v) is 7.80. The molecule has 1 unspecified atom stereocenters. The van der Waals surface area contributed by atoms with Crippen molar-refractivity contribution in [2.45, 2.75) is 58.0 Å². The van der Waals surface area contributed by atoms with Gasteiger partial charge in [0.25, 0.3) is 0 Å². The van der Waals surface area contributed by atoms with Crippen LogP contribution in [0.4, 0.5) is 0 Å². The van der Waals surface area contributed by atoms with Crippen LogP contribution in [0.2, 0.25) is 0 Å². The molecule has 0 bridgehead atoms. The summed E-state index contributed by atoms with van der Waals surface area (Å²) < 4.78 is 5.38. The van der Waals surface area contributed by atoms with E-state index >= 15 is 0 Å². The van der Waals surface area contributed by atoms with E-state index in [-0.39, 0.29) is 17.9 Å². The van der Waals surface area contributed by atoms with Crippen molar-refractivity contribution in [3.05, 3.63) is 0 Å². The minimum atomic E-state index is -0.714. The quantitative estimate of drug-likeness (QED) is 0.716. The molecule has 5 nitrogen and oxygen atoms in total. The van der Waals surface area contributed by atoms with Gasteiger partial charge in [0, 0.05) is 13.2 Å². The molecule has 0 aromatic rings. The number of nitrogens with zero attached hydrogens (tertiary/aromatic N) is 1. The second-order valence-corrected chi connectivity index (χ2v) is 5.76. The van der Waals surface area contributed by atoms with Gasteiger partial charge in [-0.15, -0.1) is 0 Å². The number of ether oxygens (including phenoxy) is 1. The van der Waals surface area contributed by atoms with E-state index in [1.165, 1.54) is 0 Å². The summed E-state index contributed by atoms with van der Waals surface area (Å²) in [6.45, 7) is 7.51. The number of carbonyl (C=O) groups is 2. The zero-order valence-electron chi connectivity index (χ0n) is 12.8. The minimum Gasteiger partial charge on any atom is -0.380 e. The number of piperazine rings is 1. The molecule has 0 radical (unpaired) electrons. The summed E-state index contributed by atoms with van der Waals surface area (Å²) >= 11 is 0. The smallest absolute Gasteiger partial charge is 0.249 e. The third kappa shape index (κ3) is 2.68. The molecular formula is C15H26N2O3. The predicted octanol–water partition coefficient (Wildman–Crippen LogP) is 1.32. The molecule has 2 fully saturated rings. The lowest BCUT2D eigenvalue weighted by Crippen LogP contribution is -2.70. The Morgan fingerprint density at radius 3 is 2.40 bits per heavy atom. The van der Waals surface area contributed by atoms with Gasteiger partial charge in [-0.2, -0.15) is 0 Å². The number of amides is 2. The number of nitrogens with one attached hydrogen (secondary N) is 1. The Hall–Kier alpha value is -1.10. The van der Waals surface area contributed by atoms with Crippen LogP contribution in [0.3, 0.4) is 0 Å². The van der Waals surface area contributed by atoms with Gasteiger partial charge in [0.1, 0.15) is 11.6 Å². The summed E-state index contributed by atoms with van der Waals surface area (Å²) in [5.41, 5.74) is -0.714. The van der Waals surface area contributed by atoms with Crippen molar-refractivity contribution in [1.82, 2.24) is 10.2 Å². The highest BCUT2D eigenvalue weighted by Gasteiger charge is 2.52. The first-order chi connectivity index (χ1) is 9.59. The summed E-state index contributed by atoms with van der Waals surface area (Å²) in [6, 6.07) is -0.283. The van der Waals surface area contributed by atoms with Gasteiger partial charge in [-0.1, -0.05) is 13.8 Å². The Morgan fingerprint density at radius 1 is 1.25 bits per heavy atom. The molecule has 1 saturated carbocycles. The third-order valence-electron chi connectivity index (χ3n) is 4.59. The van der Waals surface area contributed by atoms with E-state index in [9.17, 15) is 9.59 Å². The fourth-order valence-corrected chi connectivity index (χ4v) is 3.06. The van der Waals surface area contributed by atoms with E-state index in [2.05, 4.69) is 5.32 Å². The van der Waals surface area contributed by atoms with Crippen molar-refractivity contribution in [3.63, 3.8) is 0 Å². The van der Waals surface area contributed by atoms with Gasteiger partial charge in [0.05, 0.1) is 6.61 Å². The average Bonchev–Trinajstić information content (AvgIpc) is 3.27. The highest BCUT2D eigenvalue weighted by Crippen LogP contribution is 2.39. The SMILES string of the molecule is CCOCCN1C(=O)C(CC)(CC)NC(=O)C1C1CC1. The first kappa shape index (κ1) is 15.3. The number of carbonyl (C=O) groups excluding carboxylic acids is 2. The highest BCUT2D eigenvalue weighted by molar-refractivity contribution is 6.00. The average molecular weight is 282 g/mol. The summed E-state index contributed by atoms with van der Waals surface area (Å²) in [7, 11) is 0. The Kier molecular flexibility index (Phi) is 4.68. The summed E-state index contributed by atoms with van der Waals surface area (Å²) in [5, 5.41) is 3.00. The van der Waals surface area contributed by atoms with Gasteiger partial charge in [0.2, 0.25) is 11.8 Å². The fourth-order valence-electron chi connectivity index (χ4n) is 3.06. The highest BCUT2D eigenvalue weighted by atomic mass is 16.5. The van der Waals surface area contributed by atoms with E-state index in [1.807, 2.05) is 20.8 Å². The van der Waals surface area contributed by atoms with Crippen LogP contribution in [0.15, 0.2) is 0 Å². The van der Waals surface area contributed by atoms with Gasteiger partial charge in [0.15, 0.2) is 0 Å². The van der Waals surface area contributed by atoms with Crippen LogP contribution >= 0.6 is 0 Å². The second kappa shape index (κ2) is 6.12. The van der Waals surface area contributed by atoms with Crippen molar-refractivity contribution in [3.8, 4) is 0 Å². The Labute approximate surface area is 121 Å². The van der Waals surface area contributed by atoms with Crippen LogP contribution in [0.25, 0.3) is 0 Å². The predicted molar refractivity (Wildman–Crippen MR) is 76.2 cm³/mol.